The highest BCUT2D eigenvalue weighted by Crippen LogP contribution is 2.43. The summed E-state index contributed by atoms with van der Waals surface area (Å²) >= 11 is 0. The van der Waals surface area contributed by atoms with Crippen molar-refractivity contribution in [2.24, 2.45) is 17.8 Å². The second-order valence-corrected chi connectivity index (χ2v) is 10.1. The summed E-state index contributed by atoms with van der Waals surface area (Å²) in [6.07, 6.45) is 11.1. The molecule has 2 aliphatic carbocycles. The molecule has 1 aliphatic heterocycles. The first kappa shape index (κ1) is 21.8. The first-order valence-corrected chi connectivity index (χ1v) is 12.4. The third-order valence-electron chi connectivity index (χ3n) is 8.28. The Balaban J connectivity index is 1.61. The lowest BCUT2D eigenvalue weighted by Crippen LogP contribution is -2.56. The molecule has 0 bridgehead atoms. The van der Waals surface area contributed by atoms with Crippen molar-refractivity contribution < 1.29 is 9.90 Å². The van der Waals surface area contributed by atoms with Gasteiger partial charge in [-0.05, 0) is 62.6 Å². The summed E-state index contributed by atoms with van der Waals surface area (Å²) in [5.41, 5.74) is -0.598. The lowest BCUT2D eigenvalue weighted by molar-refractivity contribution is -0.162. The molecule has 0 aromatic heterocycles. The summed E-state index contributed by atoms with van der Waals surface area (Å²) in [5.74, 6) is 1.48. The van der Waals surface area contributed by atoms with E-state index in [1.54, 1.807) is 0 Å². The maximum absolute atomic E-state index is 14.2. The fourth-order valence-electron chi connectivity index (χ4n) is 6.31. The number of aliphatic hydroxyl groups is 1. The molecule has 2 N–H and O–H groups in total. The number of piperidine rings is 1. The van der Waals surface area contributed by atoms with E-state index in [9.17, 15) is 9.90 Å². The Bertz CT molecular complexity index is 682. The fraction of sp³-hybridized carbons (Fsp3) is 0.731. The highest BCUT2D eigenvalue weighted by Gasteiger charge is 2.49. The van der Waals surface area contributed by atoms with E-state index in [0.29, 0.717) is 0 Å². The van der Waals surface area contributed by atoms with Gasteiger partial charge in [-0.1, -0.05) is 69.4 Å². The summed E-state index contributed by atoms with van der Waals surface area (Å²) in [6.45, 7) is 5.08. The molecule has 1 aromatic rings. The normalized spacial score (nSPS) is 27.8. The lowest BCUT2D eigenvalue weighted by Gasteiger charge is -2.42. The van der Waals surface area contributed by atoms with Crippen molar-refractivity contribution in [1.82, 2.24) is 10.2 Å². The van der Waals surface area contributed by atoms with Gasteiger partial charge < -0.3 is 15.3 Å². The van der Waals surface area contributed by atoms with E-state index >= 15 is 0 Å². The molecule has 1 saturated heterocycles. The molecule has 166 valence electrons. The van der Waals surface area contributed by atoms with Crippen LogP contribution in [0.25, 0.3) is 0 Å². The van der Waals surface area contributed by atoms with Crippen LogP contribution in [-0.2, 0) is 10.4 Å². The number of hydrogen-bond donors (Lipinski definition) is 2. The number of amides is 1. The van der Waals surface area contributed by atoms with Crippen LogP contribution in [0.15, 0.2) is 30.3 Å². The van der Waals surface area contributed by atoms with Gasteiger partial charge >= 0.3 is 0 Å². The van der Waals surface area contributed by atoms with Gasteiger partial charge in [0.1, 0.15) is 0 Å². The quantitative estimate of drug-likeness (QED) is 0.695. The third kappa shape index (κ3) is 4.45. The van der Waals surface area contributed by atoms with Crippen molar-refractivity contribution >= 4 is 5.91 Å². The predicted octanol–water partition coefficient (Wildman–Crippen LogP) is 4.47. The minimum absolute atomic E-state index is 0.0295. The van der Waals surface area contributed by atoms with Gasteiger partial charge in [0, 0.05) is 18.5 Å². The molecule has 4 nitrogen and oxygen atoms in total. The van der Waals surface area contributed by atoms with Gasteiger partial charge in [0.2, 0.25) is 0 Å². The minimum Gasteiger partial charge on any atom is -0.375 e. The number of rotatable bonds is 7. The molecule has 1 aromatic carbocycles. The molecule has 1 heterocycles. The molecule has 3 atom stereocenters. The van der Waals surface area contributed by atoms with Crippen molar-refractivity contribution in [2.45, 2.75) is 82.8 Å². The Labute approximate surface area is 182 Å². The predicted molar refractivity (Wildman–Crippen MR) is 121 cm³/mol. The van der Waals surface area contributed by atoms with E-state index in [0.717, 1.165) is 82.0 Å². The summed E-state index contributed by atoms with van der Waals surface area (Å²) < 4.78 is 0. The highest BCUT2D eigenvalue weighted by atomic mass is 16.3. The molecule has 30 heavy (non-hydrogen) atoms. The second kappa shape index (κ2) is 9.82. The summed E-state index contributed by atoms with van der Waals surface area (Å²) in [5, 5.41) is 15.5. The van der Waals surface area contributed by atoms with Crippen molar-refractivity contribution in [3.8, 4) is 0 Å². The monoisotopic (exact) mass is 412 g/mol. The number of hydrogen-bond acceptors (Lipinski definition) is 3. The van der Waals surface area contributed by atoms with Gasteiger partial charge in [0.15, 0.2) is 5.60 Å². The third-order valence-corrected chi connectivity index (χ3v) is 8.28. The van der Waals surface area contributed by atoms with E-state index in [-0.39, 0.29) is 17.9 Å². The molecule has 4 heteroatoms. The molecule has 1 amide bonds. The van der Waals surface area contributed by atoms with Crippen LogP contribution in [0, 0.1) is 17.8 Å². The molecule has 0 spiro atoms. The Morgan fingerprint density at radius 2 is 1.73 bits per heavy atom. The molecule has 2 saturated carbocycles. The van der Waals surface area contributed by atoms with Crippen LogP contribution in [0.1, 0.15) is 76.7 Å². The van der Waals surface area contributed by atoms with E-state index in [1.807, 2.05) is 30.3 Å². The lowest BCUT2D eigenvalue weighted by atomic mass is 9.78. The Morgan fingerprint density at radius 1 is 1.03 bits per heavy atom. The number of nitrogens with zero attached hydrogens (tertiary/aromatic N) is 1. The van der Waals surface area contributed by atoms with Crippen LogP contribution in [-0.4, -0.2) is 41.6 Å². The number of benzene rings is 1. The topological polar surface area (TPSA) is 52.6 Å². The average molecular weight is 413 g/mol. The van der Waals surface area contributed by atoms with Crippen molar-refractivity contribution in [1.29, 1.82) is 0 Å². The Kier molecular flexibility index (Phi) is 7.15. The van der Waals surface area contributed by atoms with Gasteiger partial charge in [0.25, 0.3) is 5.91 Å². The highest BCUT2D eigenvalue weighted by molar-refractivity contribution is 5.87. The van der Waals surface area contributed by atoms with Crippen LogP contribution in [0.3, 0.4) is 0 Å². The first-order valence-electron chi connectivity index (χ1n) is 12.4. The van der Waals surface area contributed by atoms with E-state index in [2.05, 4.69) is 17.1 Å². The van der Waals surface area contributed by atoms with Gasteiger partial charge in [-0.25, -0.2) is 0 Å². The number of carbonyl (C=O) groups excluding carboxylic acids is 1. The fourth-order valence-corrected chi connectivity index (χ4v) is 6.31. The van der Waals surface area contributed by atoms with Crippen LogP contribution in [0.2, 0.25) is 0 Å². The zero-order chi connectivity index (χ0) is 21.0. The molecule has 0 radical (unpaired) electrons. The zero-order valence-corrected chi connectivity index (χ0v) is 18.7. The summed E-state index contributed by atoms with van der Waals surface area (Å²) in [6, 6.07) is 10.0. The van der Waals surface area contributed by atoms with Crippen LogP contribution < -0.4 is 5.32 Å². The maximum Gasteiger partial charge on any atom is 0.259 e. The summed E-state index contributed by atoms with van der Waals surface area (Å²) in [7, 11) is 0. The summed E-state index contributed by atoms with van der Waals surface area (Å²) in [4.78, 5) is 16.3. The van der Waals surface area contributed by atoms with Crippen LogP contribution in [0.5, 0.6) is 0 Å². The maximum atomic E-state index is 14.2. The number of carbonyl (C=O) groups is 1. The van der Waals surface area contributed by atoms with E-state index < -0.39 is 5.60 Å². The molecule has 3 fully saturated rings. The largest absolute Gasteiger partial charge is 0.375 e. The van der Waals surface area contributed by atoms with Gasteiger partial charge in [-0.2, -0.15) is 0 Å². The minimum atomic E-state index is -1.38. The molecule has 3 aliphatic rings. The number of nitrogens with one attached hydrogen (secondary N) is 1. The first-order chi connectivity index (χ1) is 14.6. The van der Waals surface area contributed by atoms with E-state index in [4.69, 9.17) is 0 Å². The van der Waals surface area contributed by atoms with Gasteiger partial charge in [-0.3, -0.25) is 4.79 Å². The van der Waals surface area contributed by atoms with Gasteiger partial charge in [0.05, 0.1) is 0 Å². The second-order valence-electron chi connectivity index (χ2n) is 10.1. The Morgan fingerprint density at radius 3 is 2.37 bits per heavy atom. The molecular formula is C26H40N2O2. The molecule has 4 rings (SSSR count). The molecular weight excluding hydrogens is 372 g/mol. The van der Waals surface area contributed by atoms with Gasteiger partial charge in [-0.15, -0.1) is 0 Å². The van der Waals surface area contributed by atoms with Crippen molar-refractivity contribution in [3.05, 3.63) is 35.9 Å². The standard InChI is InChI=1S/C26H40N2O2/c1-20-8-7-9-21(20)16-19-28(24-14-17-27-18-15-24)25(29)26(30,23-12-5-6-13-23)22-10-3-2-4-11-22/h2-4,10-11,20-21,23-24,27,30H,5-9,12-19H2,1H3. The van der Waals surface area contributed by atoms with Crippen LogP contribution >= 0.6 is 0 Å². The smallest absolute Gasteiger partial charge is 0.259 e. The SMILES string of the molecule is CC1CCCC1CCN(C(=O)C(O)(c1ccccc1)C1CCCC1)C1CCNCC1. The van der Waals surface area contributed by atoms with Crippen molar-refractivity contribution in [3.63, 3.8) is 0 Å². The zero-order valence-electron chi connectivity index (χ0n) is 18.7. The Hall–Kier alpha value is -1.39. The van der Waals surface area contributed by atoms with E-state index in [1.165, 1.54) is 19.3 Å². The van der Waals surface area contributed by atoms with Crippen molar-refractivity contribution in [2.75, 3.05) is 19.6 Å². The van der Waals surface area contributed by atoms with Crippen LogP contribution in [0.4, 0.5) is 0 Å². The molecule has 3 unspecified atom stereocenters. The average Bonchev–Trinajstić information content (AvgIpc) is 3.47.